The van der Waals surface area contributed by atoms with Crippen molar-refractivity contribution >= 4 is 65.9 Å². The Morgan fingerprint density at radius 2 is 1.33 bits per heavy atom. The minimum atomic E-state index is -0.858. The van der Waals surface area contributed by atoms with Crippen molar-refractivity contribution < 1.29 is 57.7 Å². The summed E-state index contributed by atoms with van der Waals surface area (Å²) in [4.78, 5) is 96.6. The van der Waals surface area contributed by atoms with Crippen LogP contribution in [0.4, 0.5) is 0 Å². The van der Waals surface area contributed by atoms with E-state index in [1.807, 2.05) is 0 Å². The van der Waals surface area contributed by atoms with Gasteiger partial charge in [0.15, 0.2) is 5.78 Å². The lowest BCUT2D eigenvalue weighted by Gasteiger charge is -2.13. The summed E-state index contributed by atoms with van der Waals surface area (Å²) in [7, 11) is 0. The Labute approximate surface area is 340 Å². The Kier molecular flexibility index (Phi) is 42.8. The maximum absolute atomic E-state index is 11.4. The van der Waals surface area contributed by atoms with E-state index in [0.717, 1.165) is 51.5 Å². The zero-order valence-electron chi connectivity index (χ0n) is 33.7. The van der Waals surface area contributed by atoms with Crippen LogP contribution in [-0.2, 0) is 52.6 Å². The summed E-state index contributed by atoms with van der Waals surface area (Å²) in [5.41, 5.74) is 15.2. The van der Waals surface area contributed by atoms with Crippen LogP contribution >= 0.6 is 11.8 Å². The summed E-state index contributed by atoms with van der Waals surface area (Å²) in [6.07, 6.45) is 12.3. The number of aliphatic carboxylic acids is 1. The number of carbonyl (C=O) groups excluding carboxylic acids is 8. The van der Waals surface area contributed by atoms with Crippen molar-refractivity contribution in [2.45, 2.75) is 109 Å². The number of hydrogen-bond acceptors (Lipinski definition) is 13. The number of rotatable bonds is 36. The van der Waals surface area contributed by atoms with Gasteiger partial charge in [-0.2, -0.15) is 11.8 Å². The molecule has 0 rings (SSSR count). The SMILES string of the molecule is CC(=O)[C@H](CC(N)=O)NC(=O)CSCCNC=O.CC(NC=O)C(=O)NCCOCCOCC(N)=O.NCCCCC(=O)NCCCCCCCCCCC(=O)O. The van der Waals surface area contributed by atoms with Crippen LogP contribution in [0.3, 0.4) is 0 Å². The van der Waals surface area contributed by atoms with Crippen LogP contribution in [0.15, 0.2) is 0 Å². The molecule has 0 aliphatic rings. The first-order valence-electron chi connectivity index (χ1n) is 19.1. The fourth-order valence-electron chi connectivity index (χ4n) is 4.27. The van der Waals surface area contributed by atoms with Crippen molar-refractivity contribution in [2.75, 3.05) is 64.1 Å². The highest BCUT2D eigenvalue weighted by Crippen LogP contribution is 2.09. The average Bonchev–Trinajstić information content (AvgIpc) is 3.14. The summed E-state index contributed by atoms with van der Waals surface area (Å²) in [5.74, 6) is -1.91. The molecule has 0 saturated heterocycles. The van der Waals surface area contributed by atoms with Gasteiger partial charge in [0, 0.05) is 38.2 Å². The van der Waals surface area contributed by atoms with E-state index in [1.165, 1.54) is 37.9 Å². The van der Waals surface area contributed by atoms with Crippen LogP contribution in [0.25, 0.3) is 0 Å². The Bertz CT molecular complexity index is 1140. The Morgan fingerprint density at radius 3 is 1.89 bits per heavy atom. The number of unbranched alkanes of at least 4 members (excludes halogenated alkanes) is 8. The molecular weight excluding hydrogens is 769 g/mol. The van der Waals surface area contributed by atoms with Gasteiger partial charge in [-0.15, -0.1) is 0 Å². The van der Waals surface area contributed by atoms with Crippen molar-refractivity contribution in [3.8, 4) is 0 Å². The minimum Gasteiger partial charge on any atom is -0.481 e. The minimum absolute atomic E-state index is 0.130. The first-order valence-corrected chi connectivity index (χ1v) is 20.3. The normalized spacial score (nSPS) is 11.1. The van der Waals surface area contributed by atoms with Gasteiger partial charge < -0.3 is 58.4 Å². The zero-order valence-corrected chi connectivity index (χ0v) is 34.5. The van der Waals surface area contributed by atoms with E-state index >= 15 is 0 Å². The molecule has 0 fully saturated rings. The summed E-state index contributed by atoms with van der Waals surface area (Å²) in [5, 5.41) is 21.2. The van der Waals surface area contributed by atoms with Gasteiger partial charge in [-0.05, 0) is 46.1 Å². The van der Waals surface area contributed by atoms with Crippen LogP contribution in [0.2, 0.25) is 0 Å². The highest BCUT2D eigenvalue weighted by Gasteiger charge is 2.19. The molecule has 0 aliphatic carbocycles. The number of amides is 7. The molecule has 7 amide bonds. The van der Waals surface area contributed by atoms with Gasteiger partial charge in [0.2, 0.25) is 42.4 Å². The van der Waals surface area contributed by atoms with Crippen molar-refractivity contribution in [3.05, 3.63) is 0 Å². The van der Waals surface area contributed by atoms with Crippen molar-refractivity contribution in [1.29, 1.82) is 0 Å². The molecule has 57 heavy (non-hydrogen) atoms. The van der Waals surface area contributed by atoms with Crippen LogP contribution in [0.5, 0.6) is 0 Å². The maximum Gasteiger partial charge on any atom is 0.303 e. The number of primary amides is 2. The van der Waals surface area contributed by atoms with Crippen LogP contribution < -0.4 is 43.8 Å². The quantitative estimate of drug-likeness (QED) is 0.0270. The van der Waals surface area contributed by atoms with Gasteiger partial charge in [-0.25, -0.2) is 0 Å². The highest BCUT2D eigenvalue weighted by molar-refractivity contribution is 7.99. The number of hydrogen-bond donors (Lipinski definition) is 9. The fourth-order valence-corrected chi connectivity index (χ4v) is 4.94. The first-order chi connectivity index (χ1) is 27.2. The van der Waals surface area contributed by atoms with E-state index < -0.39 is 29.9 Å². The molecule has 0 aromatic carbocycles. The molecule has 21 heteroatoms. The largest absolute Gasteiger partial charge is 0.481 e. The van der Waals surface area contributed by atoms with Crippen molar-refractivity contribution in [2.24, 2.45) is 17.2 Å². The lowest BCUT2D eigenvalue weighted by Crippen LogP contribution is -2.43. The molecule has 20 nitrogen and oxygen atoms in total. The number of ether oxygens (including phenoxy) is 2. The predicted octanol–water partition coefficient (Wildman–Crippen LogP) is -1.00. The van der Waals surface area contributed by atoms with Crippen LogP contribution in [0.1, 0.15) is 97.3 Å². The molecule has 0 heterocycles. The Balaban J connectivity index is -0.000000771. The maximum atomic E-state index is 11.4. The van der Waals surface area contributed by atoms with E-state index in [0.29, 0.717) is 64.3 Å². The molecule has 0 aliphatic heterocycles. The zero-order chi connectivity index (χ0) is 43.5. The van der Waals surface area contributed by atoms with E-state index in [9.17, 15) is 43.2 Å². The number of nitrogens with two attached hydrogens (primary N) is 3. The topological polar surface area (TPSA) is 331 Å². The molecular formula is C36H68N8O12S. The number of carboxylic acid groups (broad SMARTS) is 1. The van der Waals surface area contributed by atoms with Crippen molar-refractivity contribution in [1.82, 2.24) is 26.6 Å². The molecule has 0 spiro atoms. The molecule has 0 radical (unpaired) electrons. The molecule has 2 atom stereocenters. The number of Topliss-reactive ketones (excluding diaryl/α,β-unsaturated/α-hetero) is 1. The van der Waals surface area contributed by atoms with E-state index in [4.69, 9.17) is 31.8 Å². The van der Waals surface area contributed by atoms with Gasteiger partial charge in [0.1, 0.15) is 12.6 Å². The summed E-state index contributed by atoms with van der Waals surface area (Å²) in [6, 6.07) is -1.43. The second-order valence-electron chi connectivity index (χ2n) is 12.5. The van der Waals surface area contributed by atoms with Crippen molar-refractivity contribution in [3.63, 3.8) is 0 Å². The number of carboxylic acids is 1. The smallest absolute Gasteiger partial charge is 0.303 e. The fraction of sp³-hybridized carbons (Fsp3) is 0.750. The van der Waals surface area contributed by atoms with Gasteiger partial charge in [0.05, 0.1) is 38.0 Å². The Hall–Kier alpha value is -4.34. The molecule has 0 aromatic heterocycles. The van der Waals surface area contributed by atoms with Crippen LogP contribution in [0, 0.1) is 0 Å². The third-order valence-corrected chi connectivity index (χ3v) is 8.27. The predicted molar refractivity (Wildman–Crippen MR) is 215 cm³/mol. The number of thioether (sulfide) groups is 1. The summed E-state index contributed by atoms with van der Waals surface area (Å²) in [6.45, 7) is 5.86. The van der Waals surface area contributed by atoms with E-state index in [2.05, 4.69) is 26.6 Å². The lowest BCUT2D eigenvalue weighted by molar-refractivity contribution is -0.137. The van der Waals surface area contributed by atoms with E-state index in [1.54, 1.807) is 6.92 Å². The number of ketones is 1. The summed E-state index contributed by atoms with van der Waals surface area (Å²) >= 11 is 1.31. The van der Waals surface area contributed by atoms with Gasteiger partial charge in [0.25, 0.3) is 0 Å². The molecule has 0 bridgehead atoms. The second-order valence-corrected chi connectivity index (χ2v) is 13.6. The third-order valence-electron chi connectivity index (χ3n) is 7.31. The highest BCUT2D eigenvalue weighted by atomic mass is 32.2. The van der Waals surface area contributed by atoms with E-state index in [-0.39, 0.29) is 48.9 Å². The Morgan fingerprint density at radius 1 is 0.719 bits per heavy atom. The third kappa shape index (κ3) is 47.7. The molecule has 0 saturated carbocycles. The molecule has 1 unspecified atom stereocenters. The number of nitrogens with one attached hydrogen (secondary N) is 5. The lowest BCUT2D eigenvalue weighted by atomic mass is 10.1. The molecule has 330 valence electrons. The molecule has 0 aromatic rings. The monoisotopic (exact) mass is 836 g/mol. The average molecular weight is 837 g/mol. The second kappa shape index (κ2) is 42.8. The van der Waals surface area contributed by atoms with Gasteiger partial charge >= 0.3 is 5.97 Å². The standard InChI is InChI=1S/C16H32N2O3.C10H19N3O5.C10H17N3O4S/c17-13-9-8-11-15(19)18-14-10-6-4-2-1-3-5-7-12-16(20)21;1-8(13-7-14)10(16)12-2-3-17-4-5-18-6-9(11)15;1-7(15)8(4-9(11)16)13-10(17)5-18-3-2-12-6-14/h1-14,17H2,(H,18,19)(H,20,21);7-8H,2-6H2,1H3,(H2,11,15)(H,12,16)(H,13,14);6,8H,2-5H2,1H3,(H2,11,16)(H,12,14)(H,13,17)/t;;8-/m..0/s1. The van der Waals surface area contributed by atoms with Gasteiger partial charge in [-0.1, -0.05) is 38.5 Å². The van der Waals surface area contributed by atoms with Crippen LogP contribution in [-0.4, -0.2) is 135 Å². The summed E-state index contributed by atoms with van der Waals surface area (Å²) < 4.78 is 9.98. The first kappa shape index (κ1) is 57.0. The number of carbonyl (C=O) groups is 9. The molecule has 12 N–H and O–H groups in total. The van der Waals surface area contributed by atoms with Gasteiger partial charge in [-0.3, -0.25) is 43.2 Å².